The molecule has 36 heavy (non-hydrogen) atoms. The van der Waals surface area contributed by atoms with Crippen LogP contribution < -0.4 is 10.2 Å². The summed E-state index contributed by atoms with van der Waals surface area (Å²) in [6.07, 6.45) is 5.27. The number of carbonyl (C=O) groups excluding carboxylic acids is 1. The number of carbonyl (C=O) groups is 1. The highest BCUT2D eigenvalue weighted by Gasteiger charge is 2.40. The summed E-state index contributed by atoms with van der Waals surface area (Å²) >= 11 is 14.3. The highest BCUT2D eigenvalue weighted by molar-refractivity contribution is 7.99. The third kappa shape index (κ3) is 6.45. The minimum absolute atomic E-state index is 0.287. The van der Waals surface area contributed by atoms with Crippen molar-refractivity contribution in [3.8, 4) is 5.75 Å². The van der Waals surface area contributed by atoms with E-state index in [-0.39, 0.29) is 5.91 Å². The van der Waals surface area contributed by atoms with Gasteiger partial charge in [-0.3, -0.25) is 15.0 Å². The molecule has 1 saturated heterocycles. The standard InChI is InChI=1S/C27H31Cl2N3O3S/c1-35-20-6-9-25-23(17-20)22(24(29)18-30-25)3-2-10-27(26(33)31-34)11-13-32(14-12-27)15-16-36-21-7-4-19(28)5-8-21/h4-9,17-18,34H,2-3,10-16H2,1H3,(H,31,33). The molecule has 1 fully saturated rings. The van der Waals surface area contributed by atoms with Gasteiger partial charge in [-0.2, -0.15) is 0 Å². The fourth-order valence-electron chi connectivity index (χ4n) is 4.92. The molecule has 2 heterocycles. The number of hydrogen-bond donors (Lipinski definition) is 2. The molecule has 6 nitrogen and oxygen atoms in total. The molecule has 3 aromatic rings. The number of nitrogens with one attached hydrogen (secondary N) is 1. The Balaban J connectivity index is 1.35. The highest BCUT2D eigenvalue weighted by Crippen LogP contribution is 2.38. The molecule has 1 aliphatic rings. The van der Waals surface area contributed by atoms with Gasteiger partial charge in [-0.1, -0.05) is 23.2 Å². The van der Waals surface area contributed by atoms with Crippen LogP contribution in [0.15, 0.2) is 53.6 Å². The van der Waals surface area contributed by atoms with E-state index in [0.717, 1.165) is 59.0 Å². The lowest BCUT2D eigenvalue weighted by Gasteiger charge is -2.40. The van der Waals surface area contributed by atoms with Gasteiger partial charge in [-0.25, -0.2) is 5.48 Å². The largest absolute Gasteiger partial charge is 0.497 e. The summed E-state index contributed by atoms with van der Waals surface area (Å²) in [4.78, 5) is 20.8. The van der Waals surface area contributed by atoms with E-state index in [1.54, 1.807) is 25.1 Å². The number of methoxy groups -OCH3 is 1. The lowest BCUT2D eigenvalue weighted by molar-refractivity contribution is -0.143. The molecule has 0 unspecified atom stereocenters. The number of halogens is 2. The molecule has 0 atom stereocenters. The summed E-state index contributed by atoms with van der Waals surface area (Å²) in [5.41, 5.74) is 3.23. The zero-order chi connectivity index (χ0) is 25.5. The molecule has 192 valence electrons. The van der Waals surface area contributed by atoms with Gasteiger partial charge in [0, 0.05) is 33.8 Å². The topological polar surface area (TPSA) is 74.7 Å². The minimum atomic E-state index is -0.582. The molecule has 2 aromatic carbocycles. The predicted octanol–water partition coefficient (Wildman–Crippen LogP) is 6.25. The maximum absolute atomic E-state index is 12.8. The number of hydrogen-bond acceptors (Lipinski definition) is 6. The van der Waals surface area contributed by atoms with Gasteiger partial charge in [-0.15, -0.1) is 11.8 Å². The monoisotopic (exact) mass is 547 g/mol. The van der Waals surface area contributed by atoms with Crippen molar-refractivity contribution < 1.29 is 14.7 Å². The molecule has 2 N–H and O–H groups in total. The number of aromatic nitrogens is 1. The average Bonchev–Trinajstić information content (AvgIpc) is 2.91. The maximum Gasteiger partial charge on any atom is 0.249 e. The van der Waals surface area contributed by atoms with E-state index in [1.165, 1.54) is 4.90 Å². The van der Waals surface area contributed by atoms with Crippen LogP contribution >= 0.6 is 35.0 Å². The molecule has 1 aromatic heterocycles. The van der Waals surface area contributed by atoms with Crippen LogP contribution in [0.5, 0.6) is 5.75 Å². The fraction of sp³-hybridized carbons (Fsp3) is 0.407. The number of ether oxygens (including phenoxy) is 1. The van der Waals surface area contributed by atoms with E-state index >= 15 is 0 Å². The number of amides is 1. The highest BCUT2D eigenvalue weighted by atomic mass is 35.5. The van der Waals surface area contributed by atoms with E-state index in [4.69, 9.17) is 27.9 Å². The number of rotatable bonds is 10. The van der Waals surface area contributed by atoms with Gasteiger partial charge < -0.3 is 9.64 Å². The molecule has 0 bridgehead atoms. The fourth-order valence-corrected chi connectivity index (χ4v) is 6.21. The summed E-state index contributed by atoms with van der Waals surface area (Å²) in [7, 11) is 1.64. The van der Waals surface area contributed by atoms with Gasteiger partial charge in [0.1, 0.15) is 5.75 Å². The molecule has 1 amide bonds. The summed E-state index contributed by atoms with van der Waals surface area (Å²) in [6.45, 7) is 2.60. The number of nitrogens with zero attached hydrogens (tertiary/aromatic N) is 2. The smallest absolute Gasteiger partial charge is 0.249 e. The molecular formula is C27H31Cl2N3O3S. The average molecular weight is 549 g/mol. The zero-order valence-electron chi connectivity index (χ0n) is 20.3. The second kappa shape index (κ2) is 12.5. The zero-order valence-corrected chi connectivity index (χ0v) is 22.6. The third-order valence-corrected chi connectivity index (χ3v) is 8.67. The van der Waals surface area contributed by atoms with Crippen LogP contribution in [0, 0.1) is 5.41 Å². The predicted molar refractivity (Wildman–Crippen MR) is 146 cm³/mol. The third-order valence-electron chi connectivity index (χ3n) is 7.10. The van der Waals surface area contributed by atoms with Gasteiger partial charge in [-0.05, 0) is 93.2 Å². The van der Waals surface area contributed by atoms with Crippen molar-refractivity contribution in [3.05, 3.63) is 64.3 Å². The number of aryl methyl sites for hydroxylation is 1. The van der Waals surface area contributed by atoms with Gasteiger partial charge in [0.25, 0.3) is 0 Å². The Hall–Kier alpha value is -2.03. The van der Waals surface area contributed by atoms with Crippen molar-refractivity contribution in [1.29, 1.82) is 0 Å². The molecule has 0 radical (unpaired) electrons. The Morgan fingerprint density at radius 1 is 1.19 bits per heavy atom. The molecule has 0 saturated carbocycles. The number of thioether (sulfide) groups is 1. The Labute approximate surface area is 226 Å². The summed E-state index contributed by atoms with van der Waals surface area (Å²) in [5.74, 6) is 1.44. The molecule has 4 rings (SSSR count). The Morgan fingerprint density at radius 2 is 1.94 bits per heavy atom. The first kappa shape index (κ1) is 27.0. The van der Waals surface area contributed by atoms with Gasteiger partial charge >= 0.3 is 0 Å². The van der Waals surface area contributed by atoms with Crippen LogP contribution in [-0.2, 0) is 11.2 Å². The first-order valence-corrected chi connectivity index (χ1v) is 13.8. The van der Waals surface area contributed by atoms with E-state index in [2.05, 4.69) is 9.88 Å². The van der Waals surface area contributed by atoms with E-state index < -0.39 is 5.41 Å². The van der Waals surface area contributed by atoms with Crippen LogP contribution in [0.1, 0.15) is 31.2 Å². The molecular weight excluding hydrogens is 517 g/mol. The summed E-state index contributed by atoms with van der Waals surface area (Å²) in [5, 5.41) is 11.8. The molecule has 0 spiro atoms. The first-order chi connectivity index (χ1) is 17.4. The van der Waals surface area contributed by atoms with Crippen LogP contribution in [0.3, 0.4) is 0 Å². The van der Waals surface area contributed by atoms with Crippen LogP contribution in [0.25, 0.3) is 10.9 Å². The number of piperidine rings is 1. The SMILES string of the molecule is COc1ccc2ncc(Cl)c(CCCC3(C(=O)NO)CCN(CCSc4ccc(Cl)cc4)CC3)c2c1. The van der Waals surface area contributed by atoms with Crippen molar-refractivity contribution >= 4 is 51.8 Å². The Bertz CT molecular complexity index is 1180. The summed E-state index contributed by atoms with van der Waals surface area (Å²) in [6, 6.07) is 13.7. The van der Waals surface area contributed by atoms with Crippen LogP contribution in [-0.4, -0.2) is 53.5 Å². The first-order valence-electron chi connectivity index (χ1n) is 12.1. The number of likely N-dealkylation sites (tertiary alicyclic amines) is 1. The quantitative estimate of drug-likeness (QED) is 0.177. The number of pyridine rings is 1. The second-order valence-electron chi connectivity index (χ2n) is 9.19. The Morgan fingerprint density at radius 3 is 2.64 bits per heavy atom. The van der Waals surface area contributed by atoms with E-state index in [9.17, 15) is 10.0 Å². The van der Waals surface area contributed by atoms with Crippen molar-refractivity contribution in [1.82, 2.24) is 15.4 Å². The Kier molecular flexibility index (Phi) is 9.36. The van der Waals surface area contributed by atoms with Crippen molar-refractivity contribution in [3.63, 3.8) is 0 Å². The number of hydroxylamine groups is 1. The van der Waals surface area contributed by atoms with Gasteiger partial charge in [0.15, 0.2) is 0 Å². The van der Waals surface area contributed by atoms with Crippen LogP contribution in [0.4, 0.5) is 0 Å². The molecule has 1 aliphatic heterocycles. The molecule has 0 aliphatic carbocycles. The normalized spacial score (nSPS) is 15.7. The summed E-state index contributed by atoms with van der Waals surface area (Å²) < 4.78 is 5.38. The minimum Gasteiger partial charge on any atom is -0.497 e. The van der Waals surface area contributed by atoms with Gasteiger partial charge in [0.05, 0.1) is 23.1 Å². The van der Waals surface area contributed by atoms with E-state index in [0.29, 0.717) is 30.7 Å². The second-order valence-corrected chi connectivity index (χ2v) is 11.2. The van der Waals surface area contributed by atoms with Crippen LogP contribution in [0.2, 0.25) is 10.0 Å². The van der Waals surface area contributed by atoms with Crippen molar-refractivity contribution in [2.75, 3.05) is 32.5 Å². The molecule has 9 heteroatoms. The van der Waals surface area contributed by atoms with Crippen molar-refractivity contribution in [2.24, 2.45) is 5.41 Å². The van der Waals surface area contributed by atoms with Crippen molar-refractivity contribution in [2.45, 2.75) is 37.0 Å². The van der Waals surface area contributed by atoms with E-state index in [1.807, 2.05) is 47.9 Å². The van der Waals surface area contributed by atoms with Gasteiger partial charge in [0.2, 0.25) is 5.91 Å². The lowest BCUT2D eigenvalue weighted by atomic mass is 9.73. The number of benzene rings is 2. The maximum atomic E-state index is 12.8. The number of fused-ring (bicyclic) bond motifs is 1. The lowest BCUT2D eigenvalue weighted by Crippen LogP contribution is -2.48.